The molecule has 0 saturated heterocycles. The Morgan fingerprint density at radius 3 is 2.30 bits per heavy atom. The van der Waals surface area contributed by atoms with Gasteiger partial charge in [0.25, 0.3) is 0 Å². The summed E-state index contributed by atoms with van der Waals surface area (Å²) in [5.41, 5.74) is 1.16. The summed E-state index contributed by atoms with van der Waals surface area (Å²) in [6.07, 6.45) is 1.21. The Balaban J connectivity index is 1.94. The first-order valence-electron chi connectivity index (χ1n) is 9.65. The molecule has 27 heavy (non-hydrogen) atoms. The fraction of sp³-hybridized carbons (Fsp3) is 0.391. The molecule has 2 atom stereocenters. The summed E-state index contributed by atoms with van der Waals surface area (Å²) < 4.78 is 5.75. The number of para-hydroxylation sites is 1. The maximum absolute atomic E-state index is 10.7. The molecule has 4 heteroatoms. The molecule has 0 heterocycles. The minimum Gasteiger partial charge on any atom is -0.442 e. The molecule has 0 aliphatic heterocycles. The van der Waals surface area contributed by atoms with Crippen molar-refractivity contribution in [1.82, 2.24) is 10.6 Å². The molecule has 2 aromatic carbocycles. The van der Waals surface area contributed by atoms with E-state index in [0.29, 0.717) is 24.8 Å². The molecule has 0 aromatic heterocycles. The molecule has 0 radical (unpaired) electrons. The summed E-state index contributed by atoms with van der Waals surface area (Å²) in [7, 11) is 0. The van der Waals surface area contributed by atoms with Gasteiger partial charge in [-0.15, -0.1) is 0 Å². The maximum Gasteiger partial charge on any atom is 0.186 e. The zero-order valence-corrected chi connectivity index (χ0v) is 16.4. The molecule has 3 N–H and O–H groups in total. The van der Waals surface area contributed by atoms with Crippen molar-refractivity contribution in [3.05, 3.63) is 78.7 Å². The van der Waals surface area contributed by atoms with E-state index in [1.165, 1.54) is 0 Å². The first-order chi connectivity index (χ1) is 13.0. The fourth-order valence-corrected chi connectivity index (χ4v) is 2.80. The number of hydrogen-bond acceptors (Lipinski definition) is 4. The lowest BCUT2D eigenvalue weighted by Crippen LogP contribution is -2.46. The van der Waals surface area contributed by atoms with Gasteiger partial charge in [-0.2, -0.15) is 0 Å². The average Bonchev–Trinajstić information content (AvgIpc) is 2.66. The molecule has 0 aliphatic carbocycles. The molecular formula is C23H32N2O2. The van der Waals surface area contributed by atoms with Gasteiger partial charge < -0.3 is 20.5 Å². The van der Waals surface area contributed by atoms with Gasteiger partial charge in [0.15, 0.2) is 5.88 Å². The first kappa shape index (κ1) is 21.0. The number of rotatable bonds is 12. The second-order valence-electron chi connectivity index (χ2n) is 7.23. The molecule has 4 nitrogen and oxygen atoms in total. The van der Waals surface area contributed by atoms with Gasteiger partial charge in [0.05, 0.1) is 12.1 Å². The van der Waals surface area contributed by atoms with Gasteiger partial charge >= 0.3 is 0 Å². The highest BCUT2D eigenvalue weighted by Crippen LogP contribution is 2.13. The number of aliphatic hydroxyl groups is 1. The number of aliphatic hydroxyl groups excluding tert-OH is 1. The van der Waals surface area contributed by atoms with Crippen LogP contribution in [-0.4, -0.2) is 30.3 Å². The summed E-state index contributed by atoms with van der Waals surface area (Å²) in [6.45, 7) is 9.78. The van der Waals surface area contributed by atoms with Crippen LogP contribution in [0.25, 0.3) is 0 Å². The maximum atomic E-state index is 10.7. The normalized spacial score (nSPS) is 13.2. The van der Waals surface area contributed by atoms with Crippen LogP contribution in [0, 0.1) is 5.92 Å². The highest BCUT2D eigenvalue weighted by atomic mass is 16.5. The Labute approximate surface area is 163 Å². The van der Waals surface area contributed by atoms with E-state index in [-0.39, 0.29) is 6.04 Å². The largest absolute Gasteiger partial charge is 0.442 e. The van der Waals surface area contributed by atoms with Crippen LogP contribution in [0.1, 0.15) is 25.8 Å². The molecule has 0 saturated carbocycles. The zero-order chi connectivity index (χ0) is 19.5. The second-order valence-corrected chi connectivity index (χ2v) is 7.23. The van der Waals surface area contributed by atoms with E-state index in [4.69, 9.17) is 4.74 Å². The molecule has 0 aliphatic rings. The van der Waals surface area contributed by atoms with Crippen LogP contribution in [0.15, 0.2) is 73.1 Å². The van der Waals surface area contributed by atoms with E-state index in [2.05, 4.69) is 43.2 Å². The van der Waals surface area contributed by atoms with E-state index >= 15 is 0 Å². The molecule has 0 bridgehead atoms. The van der Waals surface area contributed by atoms with Crippen molar-refractivity contribution in [3.8, 4) is 5.75 Å². The van der Waals surface area contributed by atoms with Gasteiger partial charge in [0.2, 0.25) is 0 Å². The standard InChI is InChI=1S/C23H32N2O2/c1-18(2)14-15-24-17-23(26)22(16-20-10-6-4-7-11-20)25-19(3)27-21-12-8-5-9-13-21/h4-13,18,22-26H,3,14-17H2,1-2H3/t22-,23+/m0/s1. The summed E-state index contributed by atoms with van der Waals surface area (Å²) in [6, 6.07) is 19.5. The quantitative estimate of drug-likeness (QED) is 0.395. The van der Waals surface area contributed by atoms with E-state index in [1.807, 2.05) is 48.5 Å². The van der Waals surface area contributed by atoms with Gasteiger partial charge in [-0.05, 0) is 49.6 Å². The van der Waals surface area contributed by atoms with Crippen molar-refractivity contribution in [3.63, 3.8) is 0 Å². The van der Waals surface area contributed by atoms with E-state index < -0.39 is 6.10 Å². The summed E-state index contributed by atoms with van der Waals surface area (Å²) in [5.74, 6) is 1.80. The minimum absolute atomic E-state index is 0.199. The highest BCUT2D eigenvalue weighted by molar-refractivity contribution is 5.23. The Bertz CT molecular complexity index is 659. The van der Waals surface area contributed by atoms with Crippen LogP contribution in [0.2, 0.25) is 0 Å². The molecule has 146 valence electrons. The summed E-state index contributed by atoms with van der Waals surface area (Å²) in [4.78, 5) is 0. The van der Waals surface area contributed by atoms with Gasteiger partial charge in [0, 0.05) is 6.54 Å². The van der Waals surface area contributed by atoms with Crippen molar-refractivity contribution in [2.45, 2.75) is 38.8 Å². The van der Waals surface area contributed by atoms with Crippen molar-refractivity contribution >= 4 is 0 Å². The third kappa shape index (κ3) is 8.29. The Morgan fingerprint density at radius 1 is 1.04 bits per heavy atom. The monoisotopic (exact) mass is 368 g/mol. The molecule has 0 unspecified atom stereocenters. The zero-order valence-electron chi connectivity index (χ0n) is 16.4. The van der Waals surface area contributed by atoms with Crippen LogP contribution >= 0.6 is 0 Å². The topological polar surface area (TPSA) is 53.5 Å². The van der Waals surface area contributed by atoms with E-state index in [0.717, 1.165) is 24.3 Å². The molecule has 2 aromatic rings. The van der Waals surface area contributed by atoms with E-state index in [1.54, 1.807) is 0 Å². The third-order valence-corrected chi connectivity index (χ3v) is 4.35. The predicted molar refractivity (Wildman–Crippen MR) is 112 cm³/mol. The number of hydrogen-bond donors (Lipinski definition) is 3. The number of ether oxygens (including phenoxy) is 1. The Kier molecular flexibility index (Phi) is 8.89. The van der Waals surface area contributed by atoms with Crippen molar-refractivity contribution in [2.75, 3.05) is 13.1 Å². The lowest BCUT2D eigenvalue weighted by molar-refractivity contribution is 0.122. The molecule has 0 fully saturated rings. The SMILES string of the molecule is C=C(N[C@@H](Cc1ccccc1)[C@H](O)CNCCC(C)C)Oc1ccccc1. The van der Waals surface area contributed by atoms with Crippen molar-refractivity contribution < 1.29 is 9.84 Å². The van der Waals surface area contributed by atoms with Gasteiger partial charge in [-0.25, -0.2) is 0 Å². The number of nitrogens with one attached hydrogen (secondary N) is 2. The van der Waals surface area contributed by atoms with E-state index in [9.17, 15) is 5.11 Å². The number of benzene rings is 2. The van der Waals surface area contributed by atoms with Crippen LogP contribution in [0.5, 0.6) is 5.75 Å². The van der Waals surface area contributed by atoms with Crippen LogP contribution in [0.4, 0.5) is 0 Å². The smallest absolute Gasteiger partial charge is 0.186 e. The minimum atomic E-state index is -0.562. The van der Waals surface area contributed by atoms with Gasteiger partial charge in [-0.3, -0.25) is 0 Å². The summed E-state index contributed by atoms with van der Waals surface area (Å²) >= 11 is 0. The van der Waals surface area contributed by atoms with Gasteiger partial charge in [-0.1, -0.05) is 62.4 Å². The predicted octanol–water partition coefficient (Wildman–Crippen LogP) is 3.73. The highest BCUT2D eigenvalue weighted by Gasteiger charge is 2.20. The van der Waals surface area contributed by atoms with Gasteiger partial charge in [0.1, 0.15) is 5.75 Å². The Hall–Kier alpha value is -2.30. The Morgan fingerprint density at radius 2 is 1.67 bits per heavy atom. The molecular weight excluding hydrogens is 336 g/mol. The molecule has 2 rings (SSSR count). The van der Waals surface area contributed by atoms with Crippen LogP contribution in [-0.2, 0) is 6.42 Å². The van der Waals surface area contributed by atoms with Crippen molar-refractivity contribution in [2.24, 2.45) is 5.92 Å². The summed E-state index contributed by atoms with van der Waals surface area (Å²) in [5, 5.41) is 17.3. The van der Waals surface area contributed by atoms with Crippen LogP contribution < -0.4 is 15.4 Å². The molecule has 0 amide bonds. The average molecular weight is 369 g/mol. The molecule has 0 spiro atoms. The third-order valence-electron chi connectivity index (χ3n) is 4.35. The first-order valence-corrected chi connectivity index (χ1v) is 9.65. The second kappa shape index (κ2) is 11.4. The fourth-order valence-electron chi connectivity index (χ4n) is 2.80. The van der Waals surface area contributed by atoms with Crippen LogP contribution in [0.3, 0.4) is 0 Å². The lowest BCUT2D eigenvalue weighted by atomic mass is 10.0. The lowest BCUT2D eigenvalue weighted by Gasteiger charge is -2.26. The van der Waals surface area contributed by atoms with Crippen molar-refractivity contribution in [1.29, 1.82) is 0 Å².